The maximum Gasteiger partial charge on any atom is 0.226 e. The van der Waals surface area contributed by atoms with Crippen molar-refractivity contribution in [1.82, 2.24) is 19.7 Å². The number of rotatable bonds is 6. The molecule has 2 aromatic carbocycles. The van der Waals surface area contributed by atoms with Crippen molar-refractivity contribution in [3.63, 3.8) is 0 Å². The van der Waals surface area contributed by atoms with Gasteiger partial charge >= 0.3 is 0 Å². The van der Waals surface area contributed by atoms with Crippen molar-refractivity contribution >= 4 is 17.8 Å². The lowest BCUT2D eigenvalue weighted by molar-refractivity contribution is -0.141. The van der Waals surface area contributed by atoms with Crippen LogP contribution in [0.1, 0.15) is 30.7 Å². The molecule has 0 bridgehead atoms. The van der Waals surface area contributed by atoms with Crippen LogP contribution in [0.4, 0.5) is 5.69 Å². The number of benzene rings is 2. The van der Waals surface area contributed by atoms with Crippen LogP contribution in [-0.2, 0) is 4.79 Å². The summed E-state index contributed by atoms with van der Waals surface area (Å²) in [6, 6.07) is 20.9. The molecule has 1 aromatic heterocycles. The summed E-state index contributed by atoms with van der Waals surface area (Å²) in [4.78, 5) is 24.7. The molecule has 3 aliphatic heterocycles. The Hall–Kier alpha value is -3.62. The number of carbonyl (C=O) groups excluding carboxylic acids is 1. The van der Waals surface area contributed by atoms with Crippen molar-refractivity contribution in [2.24, 2.45) is 10.9 Å². The van der Waals surface area contributed by atoms with Crippen LogP contribution in [0, 0.1) is 5.92 Å². The van der Waals surface area contributed by atoms with Gasteiger partial charge in [-0.2, -0.15) is 0 Å². The first-order chi connectivity index (χ1) is 19.4. The third-order valence-corrected chi connectivity index (χ3v) is 8.79. The predicted molar refractivity (Wildman–Crippen MR) is 158 cm³/mol. The fourth-order valence-electron chi connectivity index (χ4n) is 6.44. The molecule has 4 heterocycles. The average Bonchev–Trinajstić information content (AvgIpc) is 3.41. The summed E-state index contributed by atoms with van der Waals surface area (Å²) < 4.78 is 2.12. The van der Waals surface area contributed by atoms with E-state index >= 15 is 0 Å². The summed E-state index contributed by atoms with van der Waals surface area (Å²) >= 11 is 0. The highest BCUT2D eigenvalue weighted by Gasteiger charge is 2.39. The molecule has 40 heavy (non-hydrogen) atoms. The van der Waals surface area contributed by atoms with Gasteiger partial charge in [-0.05, 0) is 61.7 Å². The maximum atomic E-state index is 13.6. The molecule has 210 valence electrons. The zero-order valence-corrected chi connectivity index (χ0v) is 23.5. The number of fused-ring (bicyclic) bond motifs is 1. The van der Waals surface area contributed by atoms with Crippen molar-refractivity contribution in [2.75, 3.05) is 58.4 Å². The number of aromatic nitrogens is 1. The first kappa shape index (κ1) is 26.6. The molecule has 2 fully saturated rings. The number of anilines is 1. The van der Waals surface area contributed by atoms with E-state index in [4.69, 9.17) is 4.99 Å². The Bertz CT molecular complexity index is 1440. The van der Waals surface area contributed by atoms with E-state index < -0.39 is 5.60 Å². The quantitative estimate of drug-likeness (QED) is 0.500. The highest BCUT2D eigenvalue weighted by Crippen LogP contribution is 2.33. The maximum absolute atomic E-state index is 13.6. The minimum atomic E-state index is -0.835. The van der Waals surface area contributed by atoms with Gasteiger partial charge in [0.05, 0.1) is 5.60 Å². The SMILES string of the molecule is CN(C)c1ccc(-n2ccc3c2=NCN(CC2(O)CCN(C(=O)[C@@H]4CCNC[C@H]4c4ccccc4)CC2)C=3)cc1. The Morgan fingerprint density at radius 3 is 2.55 bits per heavy atom. The van der Waals surface area contributed by atoms with Crippen LogP contribution in [0.5, 0.6) is 0 Å². The Morgan fingerprint density at radius 2 is 1.82 bits per heavy atom. The van der Waals surface area contributed by atoms with Crippen molar-refractivity contribution < 1.29 is 9.90 Å². The number of hydrogen-bond donors (Lipinski definition) is 2. The van der Waals surface area contributed by atoms with Gasteiger partial charge in [0.15, 0.2) is 0 Å². The number of nitrogens with zero attached hydrogens (tertiary/aromatic N) is 5. The van der Waals surface area contributed by atoms with E-state index in [1.807, 2.05) is 25.1 Å². The van der Waals surface area contributed by atoms with Crippen LogP contribution >= 0.6 is 0 Å². The molecule has 2 N–H and O–H groups in total. The molecule has 8 heteroatoms. The Morgan fingerprint density at radius 1 is 1.07 bits per heavy atom. The summed E-state index contributed by atoms with van der Waals surface area (Å²) in [5, 5.41) is 16.0. The molecular weight excluding hydrogens is 500 g/mol. The molecular formula is C32H40N6O2. The Labute approximate surface area is 236 Å². The smallest absolute Gasteiger partial charge is 0.226 e. The van der Waals surface area contributed by atoms with Crippen LogP contribution in [0.2, 0.25) is 0 Å². The Kier molecular flexibility index (Phi) is 7.38. The van der Waals surface area contributed by atoms with Gasteiger partial charge in [0.2, 0.25) is 5.91 Å². The standard InChI is InChI=1S/C32H40N6O2/c1-35(2)26-8-10-27(11-9-26)38-17-13-25-21-36(23-34-30(25)38)22-32(40)14-18-37(19-15-32)31(39)28-12-16-33-20-29(28)24-6-4-3-5-7-24/h3-11,13,17,21,28-29,33,40H,12,14-16,18-20,22-23H2,1-2H3/t28-,29+/m1/s1. The zero-order chi connectivity index (χ0) is 27.7. The molecule has 6 rings (SSSR count). The lowest BCUT2D eigenvalue weighted by atomic mass is 9.80. The van der Waals surface area contributed by atoms with E-state index in [1.165, 1.54) is 5.56 Å². The second-order valence-corrected chi connectivity index (χ2v) is 11.7. The second kappa shape index (κ2) is 11.1. The molecule has 2 atom stereocenters. The highest BCUT2D eigenvalue weighted by molar-refractivity contribution is 5.80. The normalized spacial score (nSPS) is 22.2. The summed E-state index contributed by atoms with van der Waals surface area (Å²) in [5.41, 5.74) is 3.57. The molecule has 0 spiro atoms. The highest BCUT2D eigenvalue weighted by atomic mass is 16.3. The van der Waals surface area contributed by atoms with Crippen LogP contribution in [-0.4, -0.2) is 84.5 Å². The van der Waals surface area contributed by atoms with Gasteiger partial charge in [0.1, 0.15) is 12.2 Å². The molecule has 1 amide bonds. The minimum Gasteiger partial charge on any atom is -0.388 e. The van der Waals surface area contributed by atoms with Crippen molar-refractivity contribution in [1.29, 1.82) is 0 Å². The Balaban J connectivity index is 1.09. The summed E-state index contributed by atoms with van der Waals surface area (Å²) in [6.45, 7) is 3.91. The number of amides is 1. The van der Waals surface area contributed by atoms with Crippen LogP contribution < -0.4 is 20.9 Å². The summed E-state index contributed by atoms with van der Waals surface area (Å²) in [6.07, 6.45) is 6.18. The zero-order valence-electron chi connectivity index (χ0n) is 23.5. The number of aliphatic hydroxyl groups is 1. The number of hydrogen-bond acceptors (Lipinski definition) is 6. The molecule has 8 nitrogen and oxygen atoms in total. The molecule has 3 aliphatic rings. The number of β-amino-alcohol motifs (C(OH)–C–C–N with tert-alkyl or cyclic N) is 1. The predicted octanol–water partition coefficient (Wildman–Crippen LogP) is 1.92. The van der Waals surface area contributed by atoms with Gasteiger partial charge in [-0.25, -0.2) is 4.99 Å². The van der Waals surface area contributed by atoms with Gasteiger partial charge in [-0.15, -0.1) is 0 Å². The first-order valence-electron chi connectivity index (χ1n) is 14.4. The molecule has 0 radical (unpaired) electrons. The third-order valence-electron chi connectivity index (χ3n) is 8.79. The fraction of sp³-hybridized carbons (Fsp3) is 0.438. The van der Waals surface area contributed by atoms with Crippen molar-refractivity contribution in [3.05, 3.63) is 83.1 Å². The molecule has 2 saturated heterocycles. The minimum absolute atomic E-state index is 0.00869. The number of piperidine rings is 2. The molecule has 3 aromatic rings. The topological polar surface area (TPSA) is 76.3 Å². The number of likely N-dealkylation sites (tertiary alicyclic amines) is 1. The van der Waals surface area contributed by atoms with Crippen molar-refractivity contribution in [2.45, 2.75) is 30.8 Å². The van der Waals surface area contributed by atoms with Crippen molar-refractivity contribution in [3.8, 4) is 5.69 Å². The van der Waals surface area contributed by atoms with Gasteiger partial charge in [0, 0.05) is 81.1 Å². The van der Waals surface area contributed by atoms with E-state index in [-0.39, 0.29) is 17.7 Å². The second-order valence-electron chi connectivity index (χ2n) is 11.7. The third kappa shape index (κ3) is 5.38. The van der Waals surface area contributed by atoms with E-state index in [2.05, 4.69) is 86.7 Å². The lowest BCUT2D eigenvalue weighted by Crippen LogP contribution is -2.54. The van der Waals surface area contributed by atoms with Gasteiger partial charge in [-0.1, -0.05) is 30.3 Å². The summed E-state index contributed by atoms with van der Waals surface area (Å²) in [7, 11) is 4.08. The van der Waals surface area contributed by atoms with Crippen LogP contribution in [0.15, 0.2) is 71.9 Å². The van der Waals surface area contributed by atoms with E-state index in [1.54, 1.807) is 0 Å². The lowest BCUT2D eigenvalue weighted by Gasteiger charge is -2.43. The van der Waals surface area contributed by atoms with Crippen LogP contribution in [0.25, 0.3) is 11.9 Å². The van der Waals surface area contributed by atoms with E-state index in [0.29, 0.717) is 39.1 Å². The fourth-order valence-corrected chi connectivity index (χ4v) is 6.44. The van der Waals surface area contributed by atoms with Crippen LogP contribution in [0.3, 0.4) is 0 Å². The number of nitrogens with one attached hydrogen (secondary N) is 1. The van der Waals surface area contributed by atoms with Gasteiger partial charge in [-0.3, -0.25) is 4.79 Å². The molecule has 0 unspecified atom stereocenters. The molecule has 0 aliphatic carbocycles. The monoisotopic (exact) mass is 540 g/mol. The van der Waals surface area contributed by atoms with E-state index in [9.17, 15) is 9.90 Å². The first-order valence-corrected chi connectivity index (χ1v) is 14.4. The van der Waals surface area contributed by atoms with E-state index in [0.717, 1.165) is 41.6 Å². The average molecular weight is 541 g/mol. The number of carbonyl (C=O) groups is 1. The summed E-state index contributed by atoms with van der Waals surface area (Å²) in [5.74, 6) is 0.424. The van der Waals surface area contributed by atoms with Gasteiger partial charge < -0.3 is 29.7 Å². The van der Waals surface area contributed by atoms with Gasteiger partial charge in [0.25, 0.3) is 0 Å². The largest absolute Gasteiger partial charge is 0.388 e. The molecule has 0 saturated carbocycles.